The Bertz CT molecular complexity index is 506. The van der Waals surface area contributed by atoms with E-state index in [0.717, 1.165) is 37.5 Å². The van der Waals surface area contributed by atoms with Crippen molar-refractivity contribution in [3.63, 3.8) is 0 Å². The van der Waals surface area contributed by atoms with E-state index >= 15 is 0 Å². The van der Waals surface area contributed by atoms with E-state index < -0.39 is 0 Å². The van der Waals surface area contributed by atoms with Crippen LogP contribution in [0.2, 0.25) is 0 Å². The Kier molecular flexibility index (Phi) is 7.63. The smallest absolute Gasteiger partial charge is 0.119 e. The zero-order chi connectivity index (χ0) is 17.3. The third-order valence-corrected chi connectivity index (χ3v) is 5.52. The van der Waals surface area contributed by atoms with Crippen molar-refractivity contribution in [2.24, 2.45) is 5.92 Å². The first kappa shape index (κ1) is 18.8. The molecule has 0 spiro atoms. The number of unbranched alkanes of at least 4 members (excludes halogenated alkanes) is 3. The fourth-order valence-electron chi connectivity index (χ4n) is 3.87. The van der Waals surface area contributed by atoms with Gasteiger partial charge in [-0.3, -0.25) is 0 Å². The molecule has 1 saturated carbocycles. The molecule has 1 aliphatic rings. The van der Waals surface area contributed by atoms with Crippen LogP contribution in [0.25, 0.3) is 0 Å². The van der Waals surface area contributed by atoms with E-state index in [9.17, 15) is 5.26 Å². The van der Waals surface area contributed by atoms with Crippen molar-refractivity contribution in [3.8, 4) is 11.8 Å². The molecule has 2 rings (SSSR count). The van der Waals surface area contributed by atoms with Crippen LogP contribution < -0.4 is 4.74 Å². The van der Waals surface area contributed by atoms with Gasteiger partial charge >= 0.3 is 0 Å². The Labute approximate surface area is 148 Å². The van der Waals surface area contributed by atoms with Crippen LogP contribution in [-0.4, -0.2) is 6.61 Å². The van der Waals surface area contributed by atoms with Gasteiger partial charge in [-0.1, -0.05) is 58.1 Å². The summed E-state index contributed by atoms with van der Waals surface area (Å²) in [4.78, 5) is 0. The largest absolute Gasteiger partial charge is 0.494 e. The summed E-state index contributed by atoms with van der Waals surface area (Å²) in [5.41, 5.74) is 0.904. The Hall–Kier alpha value is -1.49. The van der Waals surface area contributed by atoms with Crippen molar-refractivity contribution >= 4 is 0 Å². The molecule has 0 bridgehead atoms. The average Bonchev–Trinajstić information content (AvgIpc) is 2.64. The maximum atomic E-state index is 9.86. The SMILES string of the molecule is CCCCCC[C@H]1CC[C@@](C#N)(c2ccc(OCCC)cc2)CC1. The lowest BCUT2D eigenvalue weighted by Crippen LogP contribution is -2.30. The van der Waals surface area contributed by atoms with Gasteiger partial charge in [0.1, 0.15) is 5.75 Å². The fourth-order valence-corrected chi connectivity index (χ4v) is 3.87. The van der Waals surface area contributed by atoms with Crippen molar-refractivity contribution in [2.75, 3.05) is 6.61 Å². The third kappa shape index (κ3) is 5.00. The van der Waals surface area contributed by atoms with E-state index in [1.807, 2.05) is 12.1 Å². The van der Waals surface area contributed by atoms with Gasteiger partial charge in [0.2, 0.25) is 0 Å². The topological polar surface area (TPSA) is 33.0 Å². The molecule has 2 heteroatoms. The second kappa shape index (κ2) is 9.72. The lowest BCUT2D eigenvalue weighted by molar-refractivity contribution is 0.261. The summed E-state index contributed by atoms with van der Waals surface area (Å²) in [6.07, 6.45) is 12.2. The second-order valence-electron chi connectivity index (χ2n) is 7.36. The maximum absolute atomic E-state index is 9.86. The van der Waals surface area contributed by atoms with Crippen LogP contribution in [0.3, 0.4) is 0 Å². The molecule has 2 nitrogen and oxygen atoms in total. The van der Waals surface area contributed by atoms with Crippen LogP contribution in [0.1, 0.15) is 83.6 Å². The normalized spacial score (nSPS) is 23.6. The molecule has 0 radical (unpaired) electrons. The number of hydrogen-bond donors (Lipinski definition) is 0. The van der Waals surface area contributed by atoms with Crippen LogP contribution >= 0.6 is 0 Å². The van der Waals surface area contributed by atoms with Crippen molar-refractivity contribution in [1.82, 2.24) is 0 Å². The van der Waals surface area contributed by atoms with Gasteiger partial charge in [-0.25, -0.2) is 0 Å². The van der Waals surface area contributed by atoms with Crippen molar-refractivity contribution in [2.45, 2.75) is 83.5 Å². The van der Waals surface area contributed by atoms with Crippen molar-refractivity contribution in [1.29, 1.82) is 5.26 Å². The van der Waals surface area contributed by atoms with Gasteiger partial charge in [0.15, 0.2) is 0 Å². The van der Waals surface area contributed by atoms with E-state index in [4.69, 9.17) is 4.74 Å². The first-order chi connectivity index (χ1) is 11.7. The highest BCUT2D eigenvalue weighted by Crippen LogP contribution is 2.43. The Morgan fingerprint density at radius 1 is 1.04 bits per heavy atom. The summed E-state index contributed by atoms with van der Waals surface area (Å²) in [5.74, 6) is 1.74. The zero-order valence-corrected chi connectivity index (χ0v) is 15.5. The molecule has 0 unspecified atom stereocenters. The summed E-state index contributed by atoms with van der Waals surface area (Å²) in [6, 6.07) is 10.9. The number of nitriles is 1. The molecule has 1 aromatic carbocycles. The van der Waals surface area contributed by atoms with Crippen LogP contribution in [0.5, 0.6) is 5.75 Å². The van der Waals surface area contributed by atoms with Crippen LogP contribution in [0.4, 0.5) is 0 Å². The summed E-state index contributed by atoms with van der Waals surface area (Å²) in [6.45, 7) is 5.13. The highest BCUT2D eigenvalue weighted by atomic mass is 16.5. The molecule has 1 fully saturated rings. The molecule has 24 heavy (non-hydrogen) atoms. The van der Waals surface area contributed by atoms with Crippen LogP contribution in [0, 0.1) is 17.2 Å². The zero-order valence-electron chi connectivity index (χ0n) is 15.5. The Morgan fingerprint density at radius 2 is 1.75 bits per heavy atom. The minimum Gasteiger partial charge on any atom is -0.494 e. The lowest BCUT2D eigenvalue weighted by atomic mass is 9.67. The van der Waals surface area contributed by atoms with E-state index in [-0.39, 0.29) is 5.41 Å². The number of ether oxygens (including phenoxy) is 1. The number of benzene rings is 1. The van der Waals surface area contributed by atoms with Crippen LogP contribution in [0.15, 0.2) is 24.3 Å². The second-order valence-corrected chi connectivity index (χ2v) is 7.36. The quantitative estimate of drug-likeness (QED) is 0.492. The first-order valence-corrected chi connectivity index (χ1v) is 9.88. The van der Waals surface area contributed by atoms with Crippen LogP contribution in [-0.2, 0) is 5.41 Å². The van der Waals surface area contributed by atoms with Gasteiger partial charge in [0.25, 0.3) is 0 Å². The molecule has 0 aromatic heterocycles. The maximum Gasteiger partial charge on any atom is 0.119 e. The minimum absolute atomic E-state index is 0.275. The standard InChI is InChI=1S/C22H33NO/c1-3-5-6-7-8-19-13-15-22(18-23,16-14-19)20-9-11-21(12-10-20)24-17-4-2/h9-12,19H,3-8,13-17H2,1-2H3/t19-,22+. The highest BCUT2D eigenvalue weighted by Gasteiger charge is 2.36. The molecule has 0 atom stereocenters. The predicted molar refractivity (Wildman–Crippen MR) is 100 cm³/mol. The van der Waals surface area contributed by atoms with E-state index in [2.05, 4.69) is 32.0 Å². The van der Waals surface area contributed by atoms with Gasteiger partial charge in [-0.2, -0.15) is 5.26 Å². The minimum atomic E-state index is -0.275. The molecular weight excluding hydrogens is 294 g/mol. The van der Waals surface area contributed by atoms with Gasteiger partial charge in [-0.05, 0) is 55.7 Å². The van der Waals surface area contributed by atoms with Gasteiger partial charge in [0.05, 0.1) is 18.1 Å². The molecule has 0 saturated heterocycles. The summed E-state index contributed by atoms with van der Waals surface area (Å²) < 4.78 is 5.66. The van der Waals surface area contributed by atoms with E-state index in [1.54, 1.807) is 0 Å². The van der Waals surface area contributed by atoms with Gasteiger partial charge in [0, 0.05) is 0 Å². The Balaban J connectivity index is 1.90. The summed E-state index contributed by atoms with van der Waals surface area (Å²) in [5, 5.41) is 9.86. The summed E-state index contributed by atoms with van der Waals surface area (Å²) in [7, 11) is 0. The molecule has 1 aliphatic carbocycles. The molecule has 132 valence electrons. The van der Waals surface area contributed by atoms with Gasteiger partial charge < -0.3 is 4.74 Å². The molecule has 1 aromatic rings. The lowest BCUT2D eigenvalue weighted by Gasteiger charge is -2.35. The fraction of sp³-hybridized carbons (Fsp3) is 0.682. The molecule has 0 aliphatic heterocycles. The molecule has 0 N–H and O–H groups in total. The van der Waals surface area contributed by atoms with Gasteiger partial charge in [-0.15, -0.1) is 0 Å². The molecular formula is C22H33NO. The number of rotatable bonds is 9. The highest BCUT2D eigenvalue weighted by molar-refractivity contribution is 5.37. The summed E-state index contributed by atoms with van der Waals surface area (Å²) >= 11 is 0. The average molecular weight is 328 g/mol. The van der Waals surface area contributed by atoms with Crippen molar-refractivity contribution < 1.29 is 4.74 Å². The molecule has 0 amide bonds. The third-order valence-electron chi connectivity index (χ3n) is 5.52. The van der Waals surface area contributed by atoms with E-state index in [1.165, 1.54) is 50.5 Å². The number of nitrogens with zero attached hydrogens (tertiary/aromatic N) is 1. The Morgan fingerprint density at radius 3 is 2.33 bits per heavy atom. The monoisotopic (exact) mass is 327 g/mol. The molecule has 0 heterocycles. The van der Waals surface area contributed by atoms with Crippen molar-refractivity contribution in [3.05, 3.63) is 29.8 Å². The first-order valence-electron chi connectivity index (χ1n) is 9.88. The predicted octanol–water partition coefficient (Wildman–Crippen LogP) is 6.40. The van der Waals surface area contributed by atoms with E-state index in [0.29, 0.717) is 0 Å². The number of hydrogen-bond acceptors (Lipinski definition) is 2.